The van der Waals surface area contributed by atoms with Gasteiger partial charge in [0.05, 0.1) is 0 Å². The number of anilines is 1. The van der Waals surface area contributed by atoms with Gasteiger partial charge in [-0.05, 0) is 23.8 Å². The first kappa shape index (κ1) is 10.5. The molecule has 0 bridgehead atoms. The van der Waals surface area contributed by atoms with Gasteiger partial charge < -0.3 is 10.0 Å². The number of nitrogens with zero attached hydrogens (tertiary/aromatic N) is 1. The fraction of sp³-hybridized carbons (Fsp3) is 0.154. The third-order valence-corrected chi connectivity index (χ3v) is 2.47. The highest BCUT2D eigenvalue weighted by atomic mass is 16.4. The number of aliphatic carboxylic acids is 1. The molecule has 82 valence electrons. The average Bonchev–Trinajstić information content (AvgIpc) is 2.80. The van der Waals surface area contributed by atoms with Gasteiger partial charge in [0, 0.05) is 24.9 Å². The van der Waals surface area contributed by atoms with Crippen LogP contribution >= 0.6 is 0 Å². The first-order chi connectivity index (χ1) is 7.75. The van der Waals surface area contributed by atoms with E-state index in [4.69, 9.17) is 5.11 Å². The molecule has 0 aromatic heterocycles. The summed E-state index contributed by atoms with van der Waals surface area (Å²) in [6.07, 6.45) is 7.01. The zero-order chi connectivity index (χ0) is 11.4. The van der Waals surface area contributed by atoms with Crippen LogP contribution in [-0.2, 0) is 4.79 Å². The molecule has 1 N–H and O–H groups in total. The number of carbonyl (C=O) groups is 1. The Morgan fingerprint density at radius 2 is 2.06 bits per heavy atom. The van der Waals surface area contributed by atoms with Crippen LogP contribution in [0.1, 0.15) is 5.56 Å². The molecule has 0 fully saturated rings. The second-order valence-electron chi connectivity index (χ2n) is 3.64. The van der Waals surface area contributed by atoms with Gasteiger partial charge in [0.15, 0.2) is 0 Å². The van der Waals surface area contributed by atoms with Crippen molar-refractivity contribution >= 4 is 17.7 Å². The topological polar surface area (TPSA) is 40.5 Å². The molecule has 0 saturated carbocycles. The number of rotatable bonds is 3. The van der Waals surface area contributed by atoms with Crippen molar-refractivity contribution in [1.29, 1.82) is 0 Å². The van der Waals surface area contributed by atoms with Gasteiger partial charge >= 0.3 is 5.97 Å². The van der Waals surface area contributed by atoms with E-state index in [1.807, 2.05) is 24.3 Å². The monoisotopic (exact) mass is 215 g/mol. The largest absolute Gasteiger partial charge is 0.478 e. The molecule has 16 heavy (non-hydrogen) atoms. The van der Waals surface area contributed by atoms with Gasteiger partial charge in [-0.2, -0.15) is 0 Å². The van der Waals surface area contributed by atoms with Gasteiger partial charge in [-0.1, -0.05) is 24.3 Å². The van der Waals surface area contributed by atoms with Crippen molar-refractivity contribution in [3.63, 3.8) is 0 Å². The summed E-state index contributed by atoms with van der Waals surface area (Å²) in [6, 6.07) is 7.86. The maximum Gasteiger partial charge on any atom is 0.328 e. The zero-order valence-corrected chi connectivity index (χ0v) is 8.84. The van der Waals surface area contributed by atoms with Crippen LogP contribution in [0, 0.1) is 0 Å². The summed E-state index contributed by atoms with van der Waals surface area (Å²) in [6.45, 7) is 1.85. The summed E-state index contributed by atoms with van der Waals surface area (Å²) in [5, 5.41) is 8.55. The molecule has 1 aromatic carbocycles. The van der Waals surface area contributed by atoms with E-state index in [0.29, 0.717) is 0 Å². The Hall–Kier alpha value is -2.03. The maximum absolute atomic E-state index is 10.4. The molecular weight excluding hydrogens is 202 g/mol. The van der Waals surface area contributed by atoms with Crippen LogP contribution in [0.5, 0.6) is 0 Å². The molecule has 0 spiro atoms. The lowest BCUT2D eigenvalue weighted by molar-refractivity contribution is -0.131. The van der Waals surface area contributed by atoms with E-state index in [1.165, 1.54) is 0 Å². The summed E-state index contributed by atoms with van der Waals surface area (Å²) >= 11 is 0. The highest BCUT2D eigenvalue weighted by Crippen LogP contribution is 2.19. The molecule has 1 heterocycles. The lowest BCUT2D eigenvalue weighted by Gasteiger charge is -2.17. The van der Waals surface area contributed by atoms with Crippen LogP contribution in [-0.4, -0.2) is 24.2 Å². The van der Waals surface area contributed by atoms with E-state index in [2.05, 4.69) is 17.1 Å². The van der Waals surface area contributed by atoms with Crippen molar-refractivity contribution in [2.24, 2.45) is 0 Å². The van der Waals surface area contributed by atoms with Crippen molar-refractivity contribution in [2.45, 2.75) is 0 Å². The van der Waals surface area contributed by atoms with Crippen LogP contribution in [0.2, 0.25) is 0 Å². The summed E-state index contributed by atoms with van der Waals surface area (Å²) < 4.78 is 0. The number of carboxylic acids is 1. The normalized spacial score (nSPS) is 14.9. The average molecular weight is 215 g/mol. The Balaban J connectivity index is 2.16. The second kappa shape index (κ2) is 4.66. The molecule has 3 nitrogen and oxygen atoms in total. The van der Waals surface area contributed by atoms with Gasteiger partial charge in [-0.25, -0.2) is 4.79 Å². The number of benzene rings is 1. The minimum atomic E-state index is -0.923. The van der Waals surface area contributed by atoms with Gasteiger partial charge in [0.1, 0.15) is 0 Å². The van der Waals surface area contributed by atoms with Gasteiger partial charge in [-0.15, -0.1) is 0 Å². The first-order valence-electron chi connectivity index (χ1n) is 5.17. The molecule has 0 unspecified atom stereocenters. The fourth-order valence-corrected chi connectivity index (χ4v) is 1.68. The molecule has 0 atom stereocenters. The van der Waals surface area contributed by atoms with Crippen LogP contribution in [0.15, 0.2) is 42.5 Å². The van der Waals surface area contributed by atoms with Crippen LogP contribution < -0.4 is 4.90 Å². The van der Waals surface area contributed by atoms with E-state index < -0.39 is 5.97 Å². The highest BCUT2D eigenvalue weighted by Gasteiger charge is 2.06. The fourth-order valence-electron chi connectivity index (χ4n) is 1.68. The Labute approximate surface area is 94.3 Å². The van der Waals surface area contributed by atoms with Gasteiger partial charge in [0.25, 0.3) is 0 Å². The standard InChI is InChI=1S/C13H13NO2/c15-13(16)7-6-11-4-3-5-12(10-11)14-8-1-2-9-14/h1-7,10H,8-9H2,(H,15,16)/b7-6+. The van der Waals surface area contributed by atoms with E-state index in [1.54, 1.807) is 6.08 Å². The molecule has 0 saturated heterocycles. The molecular formula is C13H13NO2. The molecule has 2 rings (SSSR count). The third kappa shape index (κ3) is 2.51. The van der Waals surface area contributed by atoms with Crippen molar-refractivity contribution in [3.05, 3.63) is 48.1 Å². The van der Waals surface area contributed by atoms with Crippen molar-refractivity contribution < 1.29 is 9.90 Å². The van der Waals surface area contributed by atoms with E-state index in [-0.39, 0.29) is 0 Å². The quantitative estimate of drug-likeness (QED) is 0.620. The van der Waals surface area contributed by atoms with Crippen LogP contribution in [0.25, 0.3) is 6.08 Å². The lowest BCUT2D eigenvalue weighted by Crippen LogP contribution is -2.18. The highest BCUT2D eigenvalue weighted by molar-refractivity contribution is 5.85. The molecule has 1 aliphatic heterocycles. The molecule has 0 amide bonds. The molecule has 0 aliphatic carbocycles. The SMILES string of the molecule is O=C(O)/C=C/c1cccc(N2CC=CC2)c1. The Morgan fingerprint density at radius 3 is 2.75 bits per heavy atom. The Bertz CT molecular complexity index is 441. The minimum absolute atomic E-state index is 0.909. The summed E-state index contributed by atoms with van der Waals surface area (Å²) in [7, 11) is 0. The predicted molar refractivity (Wildman–Crippen MR) is 64.5 cm³/mol. The molecule has 3 heteroatoms. The summed E-state index contributed by atoms with van der Waals surface area (Å²) in [5.74, 6) is -0.923. The zero-order valence-electron chi connectivity index (χ0n) is 8.84. The van der Waals surface area contributed by atoms with Gasteiger partial charge in [-0.3, -0.25) is 0 Å². The van der Waals surface area contributed by atoms with Crippen LogP contribution in [0.4, 0.5) is 5.69 Å². The smallest absolute Gasteiger partial charge is 0.328 e. The van der Waals surface area contributed by atoms with Crippen molar-refractivity contribution in [2.75, 3.05) is 18.0 Å². The Morgan fingerprint density at radius 1 is 1.31 bits per heavy atom. The molecule has 1 aromatic rings. The number of hydrogen-bond acceptors (Lipinski definition) is 2. The summed E-state index contributed by atoms with van der Waals surface area (Å²) in [5.41, 5.74) is 2.03. The maximum atomic E-state index is 10.4. The van der Waals surface area contributed by atoms with Crippen molar-refractivity contribution in [3.8, 4) is 0 Å². The Kier molecular flexibility index (Phi) is 3.05. The van der Waals surface area contributed by atoms with E-state index in [9.17, 15) is 4.79 Å². The lowest BCUT2D eigenvalue weighted by atomic mass is 10.2. The predicted octanol–water partition coefficient (Wildman–Crippen LogP) is 2.16. The number of hydrogen-bond donors (Lipinski definition) is 1. The van der Waals surface area contributed by atoms with E-state index >= 15 is 0 Å². The summed E-state index contributed by atoms with van der Waals surface area (Å²) in [4.78, 5) is 12.6. The molecule has 0 radical (unpaired) electrons. The van der Waals surface area contributed by atoms with Gasteiger partial charge in [0.2, 0.25) is 0 Å². The number of carboxylic acid groups (broad SMARTS) is 1. The van der Waals surface area contributed by atoms with Crippen molar-refractivity contribution in [1.82, 2.24) is 0 Å². The van der Waals surface area contributed by atoms with Crippen LogP contribution in [0.3, 0.4) is 0 Å². The second-order valence-corrected chi connectivity index (χ2v) is 3.64. The van der Waals surface area contributed by atoms with E-state index in [0.717, 1.165) is 30.4 Å². The third-order valence-electron chi connectivity index (χ3n) is 2.47. The first-order valence-corrected chi connectivity index (χ1v) is 5.17. The molecule has 1 aliphatic rings. The minimum Gasteiger partial charge on any atom is -0.478 e.